The molecule has 0 unspecified atom stereocenters. The van der Waals surface area contributed by atoms with E-state index in [0.29, 0.717) is 0 Å². The molecule has 0 radical (unpaired) electrons. The smallest absolute Gasteiger partial charge is 0.0273 e. The number of rotatable bonds is 6. The van der Waals surface area contributed by atoms with E-state index in [0.717, 1.165) is 19.5 Å². The minimum Gasteiger partial charge on any atom is -0.313 e. The molecular formula is C13H20N2. The lowest BCUT2D eigenvalue weighted by Crippen LogP contribution is -2.17. The van der Waals surface area contributed by atoms with Gasteiger partial charge in [0.1, 0.15) is 0 Å². The third-order valence-electron chi connectivity index (χ3n) is 2.31. The monoisotopic (exact) mass is 204 g/mol. The molecule has 0 saturated heterocycles. The van der Waals surface area contributed by atoms with Gasteiger partial charge in [-0.15, -0.1) is 0 Å². The van der Waals surface area contributed by atoms with Crippen LogP contribution in [0.5, 0.6) is 0 Å². The minimum atomic E-state index is 0.993. The summed E-state index contributed by atoms with van der Waals surface area (Å²) in [6.45, 7) is 6.46. The van der Waals surface area contributed by atoms with Crippen molar-refractivity contribution in [2.24, 2.45) is 0 Å². The summed E-state index contributed by atoms with van der Waals surface area (Å²) in [4.78, 5) is 4.01. The van der Waals surface area contributed by atoms with Crippen LogP contribution in [0.4, 0.5) is 0 Å². The van der Waals surface area contributed by atoms with E-state index in [4.69, 9.17) is 0 Å². The lowest BCUT2D eigenvalue weighted by molar-refractivity contribution is 0.706. The van der Waals surface area contributed by atoms with Gasteiger partial charge in [0, 0.05) is 18.9 Å². The van der Waals surface area contributed by atoms with Gasteiger partial charge in [-0.1, -0.05) is 25.5 Å². The summed E-state index contributed by atoms with van der Waals surface area (Å²) in [7, 11) is 0. The average molecular weight is 204 g/mol. The lowest BCUT2D eigenvalue weighted by Gasteiger charge is -2.06. The maximum atomic E-state index is 4.01. The molecule has 0 amide bonds. The second kappa shape index (κ2) is 7.18. The average Bonchev–Trinajstić information content (AvgIpc) is 2.29. The lowest BCUT2D eigenvalue weighted by atomic mass is 10.1. The van der Waals surface area contributed by atoms with Gasteiger partial charge >= 0.3 is 0 Å². The Bertz CT molecular complexity index is 291. The topological polar surface area (TPSA) is 24.9 Å². The Morgan fingerprint density at radius 1 is 1.33 bits per heavy atom. The van der Waals surface area contributed by atoms with Crippen molar-refractivity contribution in [3.63, 3.8) is 0 Å². The normalized spacial score (nSPS) is 11.7. The van der Waals surface area contributed by atoms with Crippen molar-refractivity contribution in [2.45, 2.75) is 26.7 Å². The molecule has 1 aromatic heterocycles. The Kier molecular flexibility index (Phi) is 5.71. The van der Waals surface area contributed by atoms with Crippen LogP contribution in [0.2, 0.25) is 0 Å². The van der Waals surface area contributed by atoms with E-state index in [1.165, 1.54) is 17.6 Å². The van der Waals surface area contributed by atoms with E-state index in [9.17, 15) is 0 Å². The predicted molar refractivity (Wildman–Crippen MR) is 65.7 cm³/mol. The Balaban J connectivity index is 2.54. The molecule has 2 nitrogen and oxygen atoms in total. The molecule has 15 heavy (non-hydrogen) atoms. The van der Waals surface area contributed by atoms with Gasteiger partial charge < -0.3 is 5.32 Å². The molecule has 82 valence electrons. The molecule has 1 aromatic rings. The second-order valence-corrected chi connectivity index (χ2v) is 3.61. The number of hydrogen-bond acceptors (Lipinski definition) is 2. The van der Waals surface area contributed by atoms with E-state index in [1.807, 2.05) is 24.5 Å². The number of nitrogens with zero attached hydrogens (tertiary/aromatic N) is 1. The molecule has 0 aliphatic heterocycles. The van der Waals surface area contributed by atoms with E-state index >= 15 is 0 Å². The van der Waals surface area contributed by atoms with Crippen molar-refractivity contribution < 1.29 is 0 Å². The molecule has 0 aliphatic rings. The molecule has 0 aromatic carbocycles. The van der Waals surface area contributed by atoms with Crippen LogP contribution in [0.25, 0.3) is 6.08 Å². The third-order valence-corrected chi connectivity index (χ3v) is 2.31. The van der Waals surface area contributed by atoms with E-state index in [1.54, 1.807) is 0 Å². The molecule has 1 rings (SSSR count). The summed E-state index contributed by atoms with van der Waals surface area (Å²) in [6, 6.07) is 4.07. The quantitative estimate of drug-likeness (QED) is 0.721. The van der Waals surface area contributed by atoms with Gasteiger partial charge in [0.25, 0.3) is 0 Å². The minimum absolute atomic E-state index is 0.993. The van der Waals surface area contributed by atoms with Crippen LogP contribution in [0.3, 0.4) is 0 Å². The van der Waals surface area contributed by atoms with Gasteiger partial charge in [0.2, 0.25) is 0 Å². The highest BCUT2D eigenvalue weighted by Gasteiger charge is 1.94. The van der Waals surface area contributed by atoms with Gasteiger partial charge in [-0.05, 0) is 37.1 Å². The Morgan fingerprint density at radius 3 is 2.67 bits per heavy atom. The van der Waals surface area contributed by atoms with Gasteiger partial charge in [-0.3, -0.25) is 4.98 Å². The first-order valence-electron chi connectivity index (χ1n) is 5.67. The SMILES string of the molecule is CCCNCC(=Cc1ccncc1)CC. The first kappa shape index (κ1) is 11.9. The summed E-state index contributed by atoms with van der Waals surface area (Å²) in [5.74, 6) is 0. The van der Waals surface area contributed by atoms with Crippen molar-refractivity contribution in [2.75, 3.05) is 13.1 Å². The molecular weight excluding hydrogens is 184 g/mol. The van der Waals surface area contributed by atoms with Gasteiger partial charge in [-0.25, -0.2) is 0 Å². The number of pyridine rings is 1. The Morgan fingerprint density at radius 2 is 2.07 bits per heavy atom. The molecule has 0 atom stereocenters. The van der Waals surface area contributed by atoms with Crippen molar-refractivity contribution in [3.8, 4) is 0 Å². The van der Waals surface area contributed by atoms with Gasteiger partial charge in [0.05, 0.1) is 0 Å². The predicted octanol–water partition coefficient (Wildman–Crippen LogP) is 2.87. The molecule has 0 aliphatic carbocycles. The fraction of sp³-hybridized carbons (Fsp3) is 0.462. The van der Waals surface area contributed by atoms with Crippen molar-refractivity contribution in [3.05, 3.63) is 35.7 Å². The van der Waals surface area contributed by atoms with E-state index in [-0.39, 0.29) is 0 Å². The largest absolute Gasteiger partial charge is 0.313 e. The zero-order valence-electron chi connectivity index (χ0n) is 9.66. The van der Waals surface area contributed by atoms with Crippen LogP contribution < -0.4 is 5.32 Å². The summed E-state index contributed by atoms with van der Waals surface area (Å²) < 4.78 is 0. The molecule has 0 fully saturated rings. The fourth-order valence-corrected chi connectivity index (χ4v) is 1.40. The standard InChI is InChI=1S/C13H20N2/c1-3-7-15-11-12(4-2)10-13-5-8-14-9-6-13/h5-6,8-10,15H,3-4,7,11H2,1-2H3. The summed E-state index contributed by atoms with van der Waals surface area (Å²) in [5.41, 5.74) is 2.68. The number of aromatic nitrogens is 1. The molecule has 0 spiro atoms. The number of nitrogens with one attached hydrogen (secondary N) is 1. The van der Waals surface area contributed by atoms with Crippen molar-refractivity contribution in [1.29, 1.82) is 0 Å². The first-order valence-corrected chi connectivity index (χ1v) is 5.67. The van der Waals surface area contributed by atoms with Crippen LogP contribution in [0, 0.1) is 0 Å². The highest BCUT2D eigenvalue weighted by Crippen LogP contribution is 2.07. The van der Waals surface area contributed by atoms with Crippen LogP contribution in [-0.2, 0) is 0 Å². The van der Waals surface area contributed by atoms with Crippen LogP contribution in [0.1, 0.15) is 32.3 Å². The summed E-state index contributed by atoms with van der Waals surface area (Å²) in [6.07, 6.45) is 8.19. The summed E-state index contributed by atoms with van der Waals surface area (Å²) >= 11 is 0. The number of hydrogen-bond donors (Lipinski definition) is 1. The zero-order valence-corrected chi connectivity index (χ0v) is 9.66. The summed E-state index contributed by atoms with van der Waals surface area (Å²) in [5, 5.41) is 3.42. The zero-order chi connectivity index (χ0) is 10.9. The van der Waals surface area contributed by atoms with Crippen molar-refractivity contribution >= 4 is 6.08 Å². The third kappa shape index (κ3) is 4.75. The molecule has 0 saturated carbocycles. The van der Waals surface area contributed by atoms with E-state index < -0.39 is 0 Å². The Labute approximate surface area is 92.4 Å². The maximum absolute atomic E-state index is 4.01. The molecule has 0 bridgehead atoms. The molecule has 1 N–H and O–H groups in total. The first-order chi connectivity index (χ1) is 7.36. The fourth-order valence-electron chi connectivity index (χ4n) is 1.40. The van der Waals surface area contributed by atoms with Crippen LogP contribution in [0.15, 0.2) is 30.1 Å². The van der Waals surface area contributed by atoms with Crippen LogP contribution in [-0.4, -0.2) is 18.1 Å². The highest BCUT2D eigenvalue weighted by atomic mass is 14.8. The molecule has 1 heterocycles. The maximum Gasteiger partial charge on any atom is 0.0273 e. The van der Waals surface area contributed by atoms with Crippen LogP contribution >= 0.6 is 0 Å². The highest BCUT2D eigenvalue weighted by molar-refractivity contribution is 5.52. The van der Waals surface area contributed by atoms with Gasteiger partial charge in [-0.2, -0.15) is 0 Å². The van der Waals surface area contributed by atoms with Crippen molar-refractivity contribution in [1.82, 2.24) is 10.3 Å². The Hall–Kier alpha value is -1.15. The molecule has 2 heteroatoms. The van der Waals surface area contributed by atoms with Gasteiger partial charge in [0.15, 0.2) is 0 Å². The second-order valence-electron chi connectivity index (χ2n) is 3.61. The van der Waals surface area contributed by atoms with E-state index in [2.05, 4.69) is 30.2 Å².